The van der Waals surface area contributed by atoms with E-state index < -0.39 is 33.5 Å². The van der Waals surface area contributed by atoms with Gasteiger partial charge in [0.15, 0.2) is 15.6 Å². The van der Waals surface area contributed by atoms with Crippen molar-refractivity contribution in [3.05, 3.63) is 71.5 Å². The highest BCUT2D eigenvalue weighted by molar-refractivity contribution is 7.91. The minimum Gasteiger partial charge on any atom is -0.352 e. The number of hydrogen-bond donors (Lipinski definition) is 1. The summed E-state index contributed by atoms with van der Waals surface area (Å²) in [6.07, 6.45) is 0.394. The zero-order valence-electron chi connectivity index (χ0n) is 17.0. The van der Waals surface area contributed by atoms with E-state index in [4.69, 9.17) is 0 Å². The normalized spacial score (nSPS) is 25.4. The second-order valence-electron chi connectivity index (χ2n) is 8.37. The summed E-state index contributed by atoms with van der Waals surface area (Å²) in [5.74, 6) is -2.08. The lowest BCUT2D eigenvalue weighted by molar-refractivity contribution is -0.125. The van der Waals surface area contributed by atoms with Crippen molar-refractivity contribution in [1.29, 1.82) is 0 Å². The number of nitrogens with zero attached hydrogens (tertiary/aromatic N) is 1. The summed E-state index contributed by atoms with van der Waals surface area (Å²) in [7, 11) is -3.12. The molecule has 2 aromatic carbocycles. The van der Waals surface area contributed by atoms with E-state index in [1.54, 1.807) is 0 Å². The smallest absolute Gasteiger partial charge is 0.225 e. The van der Waals surface area contributed by atoms with Gasteiger partial charge in [-0.25, -0.2) is 12.8 Å². The number of rotatable bonds is 6. The maximum absolute atomic E-state index is 13.3. The lowest BCUT2D eigenvalue weighted by Crippen LogP contribution is -2.43. The van der Waals surface area contributed by atoms with Crippen molar-refractivity contribution in [2.75, 3.05) is 24.6 Å². The van der Waals surface area contributed by atoms with Crippen LogP contribution in [0, 0.1) is 17.7 Å². The number of nitrogens with one attached hydrogen (secondary N) is 1. The number of carbonyl (C=O) groups excluding carboxylic acids is 2. The maximum Gasteiger partial charge on any atom is 0.225 e. The van der Waals surface area contributed by atoms with Crippen LogP contribution in [0.2, 0.25) is 0 Å². The highest BCUT2D eigenvalue weighted by atomic mass is 32.2. The Labute approximate surface area is 181 Å². The molecule has 1 amide bonds. The summed E-state index contributed by atoms with van der Waals surface area (Å²) in [6.45, 7) is 1.42. The van der Waals surface area contributed by atoms with Crippen LogP contribution < -0.4 is 5.32 Å². The summed E-state index contributed by atoms with van der Waals surface area (Å²) in [5, 5.41) is 2.85. The molecular formula is C23H25FN2O4S. The molecule has 3 atom stereocenters. The van der Waals surface area contributed by atoms with Gasteiger partial charge in [0.1, 0.15) is 5.82 Å². The van der Waals surface area contributed by atoms with Crippen molar-refractivity contribution in [2.45, 2.75) is 19.0 Å². The Morgan fingerprint density at radius 1 is 1.00 bits per heavy atom. The zero-order valence-corrected chi connectivity index (χ0v) is 17.9. The maximum atomic E-state index is 13.3. The third kappa shape index (κ3) is 5.19. The van der Waals surface area contributed by atoms with Gasteiger partial charge in [-0.3, -0.25) is 14.5 Å². The molecule has 2 aliphatic rings. The van der Waals surface area contributed by atoms with Gasteiger partial charge in [0.2, 0.25) is 5.91 Å². The van der Waals surface area contributed by atoms with Crippen LogP contribution in [-0.2, 0) is 21.2 Å². The number of hydrogen-bond acceptors (Lipinski definition) is 5. The quantitative estimate of drug-likeness (QED) is 0.690. The third-order valence-corrected chi connectivity index (χ3v) is 7.79. The molecule has 2 aromatic rings. The molecule has 31 heavy (non-hydrogen) atoms. The largest absolute Gasteiger partial charge is 0.352 e. The third-order valence-electron chi connectivity index (χ3n) is 6.03. The molecule has 2 aliphatic heterocycles. The monoisotopic (exact) mass is 444 g/mol. The summed E-state index contributed by atoms with van der Waals surface area (Å²) < 4.78 is 36.8. The van der Waals surface area contributed by atoms with Crippen LogP contribution in [0.25, 0.3) is 0 Å². The molecule has 0 saturated carbocycles. The molecule has 8 heteroatoms. The van der Waals surface area contributed by atoms with Gasteiger partial charge in [-0.2, -0.15) is 0 Å². The van der Waals surface area contributed by atoms with Crippen LogP contribution >= 0.6 is 0 Å². The number of halogens is 1. The van der Waals surface area contributed by atoms with Gasteiger partial charge in [-0.15, -0.1) is 0 Å². The molecule has 0 radical (unpaired) electrons. The molecular weight excluding hydrogens is 419 g/mol. The highest BCUT2D eigenvalue weighted by Gasteiger charge is 2.43. The molecule has 4 rings (SSSR count). The minimum atomic E-state index is -3.12. The molecule has 0 aromatic heterocycles. The Bertz CT molecular complexity index is 1060. The molecule has 6 nitrogen and oxygen atoms in total. The molecule has 1 unspecified atom stereocenters. The van der Waals surface area contributed by atoms with Crippen LogP contribution in [-0.4, -0.2) is 55.6 Å². The first-order valence-electron chi connectivity index (χ1n) is 10.4. The molecule has 164 valence electrons. The fraction of sp³-hybridized carbons (Fsp3) is 0.391. The van der Waals surface area contributed by atoms with E-state index in [0.29, 0.717) is 31.6 Å². The number of benzene rings is 2. The van der Waals surface area contributed by atoms with Crippen molar-refractivity contribution >= 4 is 21.5 Å². The van der Waals surface area contributed by atoms with Crippen molar-refractivity contribution in [3.8, 4) is 0 Å². The fourth-order valence-corrected chi connectivity index (χ4v) is 6.11. The molecule has 2 saturated heterocycles. The Hall–Kier alpha value is -2.58. The van der Waals surface area contributed by atoms with E-state index in [2.05, 4.69) is 10.2 Å². The Morgan fingerprint density at radius 2 is 1.68 bits per heavy atom. The van der Waals surface area contributed by atoms with Gasteiger partial charge in [-0.05, 0) is 36.2 Å². The molecule has 0 spiro atoms. The van der Waals surface area contributed by atoms with E-state index in [9.17, 15) is 22.4 Å². The van der Waals surface area contributed by atoms with Crippen molar-refractivity contribution < 1.29 is 22.4 Å². The van der Waals surface area contributed by atoms with Crippen molar-refractivity contribution in [3.63, 3.8) is 0 Å². The molecule has 0 bridgehead atoms. The van der Waals surface area contributed by atoms with Crippen molar-refractivity contribution in [2.24, 2.45) is 11.8 Å². The topological polar surface area (TPSA) is 83.6 Å². The highest BCUT2D eigenvalue weighted by Crippen LogP contribution is 2.29. The van der Waals surface area contributed by atoms with Gasteiger partial charge in [-0.1, -0.05) is 30.3 Å². The van der Waals surface area contributed by atoms with Gasteiger partial charge in [0.25, 0.3) is 0 Å². The standard InChI is InChI=1S/C23H25FN2O4S/c24-18-8-6-17(7-9-18)22(27)20-13-26(12-16-4-2-1-3-5-16)14-21(20)23(28)25-19-10-11-31(29,30)15-19/h1-9,19-21H,10-15H2,(H,25,28)/t19?,20-,21-/m1/s1. The first-order chi connectivity index (χ1) is 14.8. The Balaban J connectivity index is 1.52. The second kappa shape index (κ2) is 8.88. The number of likely N-dealkylation sites (tertiary alicyclic amines) is 1. The molecule has 1 N–H and O–H groups in total. The first-order valence-corrected chi connectivity index (χ1v) is 12.2. The number of Topliss-reactive ketones (excluding diaryl/α,β-unsaturated/α-hetero) is 1. The lowest BCUT2D eigenvalue weighted by Gasteiger charge is -2.19. The van der Waals surface area contributed by atoms with Gasteiger partial charge in [0.05, 0.1) is 17.4 Å². The first kappa shape index (κ1) is 21.6. The van der Waals surface area contributed by atoms with Gasteiger partial charge < -0.3 is 5.32 Å². The SMILES string of the molecule is O=C(NC1CCS(=O)(=O)C1)[C@@H]1CN(Cc2ccccc2)C[C@H]1C(=O)c1ccc(F)cc1. The average Bonchev–Trinajstić information content (AvgIpc) is 3.31. The lowest BCUT2D eigenvalue weighted by atomic mass is 9.87. The predicted molar refractivity (Wildman–Crippen MR) is 115 cm³/mol. The van der Waals surface area contributed by atoms with Gasteiger partial charge in [0, 0.05) is 37.2 Å². The average molecular weight is 445 g/mol. The molecule has 2 fully saturated rings. The number of amides is 1. The number of carbonyl (C=O) groups is 2. The van der Waals surface area contributed by atoms with E-state index in [1.165, 1.54) is 24.3 Å². The summed E-state index contributed by atoms with van der Waals surface area (Å²) in [5.41, 5.74) is 1.45. The van der Waals surface area contributed by atoms with E-state index in [-0.39, 0.29) is 23.2 Å². The summed E-state index contributed by atoms with van der Waals surface area (Å²) >= 11 is 0. The summed E-state index contributed by atoms with van der Waals surface area (Å²) in [4.78, 5) is 28.3. The summed E-state index contributed by atoms with van der Waals surface area (Å²) in [6, 6.07) is 14.7. The van der Waals surface area contributed by atoms with Crippen LogP contribution in [0.3, 0.4) is 0 Å². The van der Waals surface area contributed by atoms with E-state index in [0.717, 1.165) is 5.56 Å². The minimum absolute atomic E-state index is 0.0598. The molecule has 0 aliphatic carbocycles. The van der Waals surface area contributed by atoms with E-state index in [1.807, 2.05) is 30.3 Å². The van der Waals surface area contributed by atoms with Crippen LogP contribution in [0.15, 0.2) is 54.6 Å². The fourth-order valence-electron chi connectivity index (χ4n) is 4.43. The number of sulfone groups is 1. The zero-order chi connectivity index (χ0) is 22.0. The van der Waals surface area contributed by atoms with Gasteiger partial charge >= 0.3 is 0 Å². The Morgan fingerprint density at radius 3 is 2.32 bits per heavy atom. The number of ketones is 1. The molecule has 2 heterocycles. The van der Waals surface area contributed by atoms with E-state index >= 15 is 0 Å². The Kier molecular flexibility index (Phi) is 6.20. The second-order valence-corrected chi connectivity index (χ2v) is 10.6. The van der Waals surface area contributed by atoms with Crippen molar-refractivity contribution in [1.82, 2.24) is 10.2 Å². The predicted octanol–water partition coefficient (Wildman–Crippen LogP) is 2.06. The van der Waals surface area contributed by atoms with Crippen LogP contribution in [0.4, 0.5) is 4.39 Å². The van der Waals surface area contributed by atoms with Crippen LogP contribution in [0.1, 0.15) is 22.3 Å². The van der Waals surface area contributed by atoms with Crippen LogP contribution in [0.5, 0.6) is 0 Å².